The van der Waals surface area contributed by atoms with Gasteiger partial charge in [-0.1, -0.05) is 217 Å². The number of nitrogens with zero attached hydrogens (tertiary/aromatic N) is 2. The first-order valence-corrected chi connectivity index (χ1v) is 26.5. The maximum Gasteiger partial charge on any atom is 0.160 e. The first-order chi connectivity index (χ1) is 35.2. The molecule has 0 aliphatic heterocycles. The van der Waals surface area contributed by atoms with Gasteiger partial charge >= 0.3 is 0 Å². The molecule has 0 unspecified atom stereocenters. The molecule has 9 aromatic carbocycles. The van der Waals surface area contributed by atoms with Gasteiger partial charge in [0.1, 0.15) is 5.58 Å². The average Bonchev–Trinajstić information content (AvgIpc) is 3.91. The zero-order valence-electron chi connectivity index (χ0n) is 45.4. The molecule has 10 aromatic rings. The second-order valence-electron chi connectivity index (χ2n) is 24.7. The van der Waals surface area contributed by atoms with Crippen molar-refractivity contribution in [1.82, 2.24) is 0 Å². The molecule has 3 heteroatoms. The number of hydrogen-bond acceptors (Lipinski definition) is 3. The van der Waals surface area contributed by atoms with Crippen molar-refractivity contribution in [3.05, 3.63) is 251 Å². The van der Waals surface area contributed by atoms with E-state index >= 15 is 0 Å². The standard InChI is InChI=1S/C71H70N2O/c1-67(2,3)49-39-50(68(4,5)6)42-56(41-49)72(53-31-21-15-22-32-53)55-37-38-63-59(45-55)60-46-62-64(58-35-25-26-36-61(58)71(62,47-27-17-13-18-28-47)48-29-19-14-20-30-48)65(66(60)74-63)73(54-33-23-16-24-34-54)57-43-51(69(7,8)9)40-52(44-57)70(10,11)12/h13-46H,1-12H3. The molecule has 0 radical (unpaired) electrons. The van der Waals surface area contributed by atoms with Crippen molar-refractivity contribution in [2.75, 3.05) is 9.80 Å². The minimum Gasteiger partial charge on any atom is -0.454 e. The van der Waals surface area contributed by atoms with E-state index in [1.165, 1.54) is 55.6 Å². The van der Waals surface area contributed by atoms with Gasteiger partial charge in [0.05, 0.1) is 11.1 Å². The van der Waals surface area contributed by atoms with Gasteiger partial charge in [-0.3, -0.25) is 0 Å². The molecule has 11 rings (SSSR count). The van der Waals surface area contributed by atoms with E-state index in [2.05, 4.69) is 299 Å². The van der Waals surface area contributed by atoms with Crippen LogP contribution in [0.4, 0.5) is 34.1 Å². The number of hydrogen-bond donors (Lipinski definition) is 0. The van der Waals surface area contributed by atoms with Gasteiger partial charge in [0.25, 0.3) is 0 Å². The SMILES string of the molecule is CC(C)(C)c1cc(N(c2ccccc2)c2ccc3oc4c(N(c5ccccc5)c5cc(C(C)(C)C)cc(C(C)(C)C)c5)c5c(cc4c3c2)C(c2ccccc2)(c2ccccc2)c2ccccc2-5)cc(C(C)(C)C)c1. The van der Waals surface area contributed by atoms with Crippen LogP contribution in [-0.4, -0.2) is 0 Å². The Morgan fingerprint density at radius 3 is 1.23 bits per heavy atom. The van der Waals surface area contributed by atoms with Crippen LogP contribution >= 0.6 is 0 Å². The maximum atomic E-state index is 7.54. The molecule has 1 aromatic heterocycles. The molecular weight excluding hydrogens is 897 g/mol. The minimum absolute atomic E-state index is 0.0634. The van der Waals surface area contributed by atoms with Gasteiger partial charge in [-0.15, -0.1) is 0 Å². The molecule has 0 fully saturated rings. The Morgan fingerprint density at radius 2 is 0.757 bits per heavy atom. The molecule has 1 heterocycles. The summed E-state index contributed by atoms with van der Waals surface area (Å²) >= 11 is 0. The smallest absolute Gasteiger partial charge is 0.160 e. The van der Waals surface area contributed by atoms with Gasteiger partial charge in [0.15, 0.2) is 5.58 Å². The number of para-hydroxylation sites is 2. The fourth-order valence-electron chi connectivity index (χ4n) is 11.4. The van der Waals surface area contributed by atoms with Crippen molar-refractivity contribution < 1.29 is 4.42 Å². The first-order valence-electron chi connectivity index (χ1n) is 26.5. The van der Waals surface area contributed by atoms with Gasteiger partial charge in [-0.05, 0) is 145 Å². The Kier molecular flexibility index (Phi) is 11.7. The van der Waals surface area contributed by atoms with Gasteiger partial charge in [0, 0.05) is 44.8 Å². The average molecular weight is 967 g/mol. The van der Waals surface area contributed by atoms with Crippen LogP contribution in [0.1, 0.15) is 128 Å². The van der Waals surface area contributed by atoms with E-state index in [1.807, 2.05) is 0 Å². The Labute approximate surface area is 440 Å². The molecule has 0 saturated carbocycles. The Morgan fingerprint density at radius 1 is 0.338 bits per heavy atom. The zero-order valence-corrected chi connectivity index (χ0v) is 45.4. The molecule has 0 N–H and O–H groups in total. The van der Waals surface area contributed by atoms with E-state index in [9.17, 15) is 0 Å². The molecule has 370 valence electrons. The van der Waals surface area contributed by atoms with Crippen LogP contribution in [-0.2, 0) is 27.1 Å². The summed E-state index contributed by atoms with van der Waals surface area (Å²) in [6.07, 6.45) is 0. The fourth-order valence-corrected chi connectivity index (χ4v) is 11.4. The normalized spacial score (nSPS) is 13.5. The highest BCUT2D eigenvalue weighted by molar-refractivity contribution is 6.17. The highest BCUT2D eigenvalue weighted by Crippen LogP contribution is 2.62. The summed E-state index contributed by atoms with van der Waals surface area (Å²) in [6, 6.07) is 77.0. The van der Waals surface area contributed by atoms with Crippen molar-refractivity contribution >= 4 is 56.1 Å². The van der Waals surface area contributed by atoms with Crippen LogP contribution < -0.4 is 9.80 Å². The predicted octanol–water partition coefficient (Wildman–Crippen LogP) is 20.1. The van der Waals surface area contributed by atoms with Crippen molar-refractivity contribution in [3.8, 4) is 11.1 Å². The molecule has 1 aliphatic carbocycles. The zero-order chi connectivity index (χ0) is 52.0. The van der Waals surface area contributed by atoms with Crippen LogP contribution in [0.3, 0.4) is 0 Å². The molecule has 0 amide bonds. The van der Waals surface area contributed by atoms with Gasteiger partial charge in [-0.25, -0.2) is 0 Å². The lowest BCUT2D eigenvalue weighted by atomic mass is 9.67. The molecule has 1 aliphatic rings. The monoisotopic (exact) mass is 967 g/mol. The van der Waals surface area contributed by atoms with Gasteiger partial charge in [-0.2, -0.15) is 0 Å². The van der Waals surface area contributed by atoms with Crippen molar-refractivity contribution in [2.24, 2.45) is 0 Å². The summed E-state index contributed by atoms with van der Waals surface area (Å²) in [5, 5.41) is 2.12. The van der Waals surface area contributed by atoms with Gasteiger partial charge < -0.3 is 14.2 Å². The van der Waals surface area contributed by atoms with Gasteiger partial charge in [0.2, 0.25) is 0 Å². The minimum atomic E-state index is -0.669. The molecule has 0 atom stereocenters. The van der Waals surface area contributed by atoms with E-state index in [0.717, 1.165) is 56.1 Å². The summed E-state index contributed by atoms with van der Waals surface area (Å²) in [6.45, 7) is 27.9. The third kappa shape index (κ3) is 8.31. The molecule has 3 nitrogen and oxygen atoms in total. The number of anilines is 6. The molecule has 0 bridgehead atoms. The fraction of sp³-hybridized carbons (Fsp3) is 0.239. The summed E-state index contributed by atoms with van der Waals surface area (Å²) in [5.74, 6) is 0. The second kappa shape index (κ2) is 17.8. The van der Waals surface area contributed by atoms with E-state index in [-0.39, 0.29) is 21.7 Å². The Bertz CT molecular complexity index is 3590. The van der Waals surface area contributed by atoms with Crippen molar-refractivity contribution in [3.63, 3.8) is 0 Å². The second-order valence-corrected chi connectivity index (χ2v) is 24.7. The summed E-state index contributed by atoms with van der Waals surface area (Å²) in [7, 11) is 0. The third-order valence-corrected chi connectivity index (χ3v) is 15.5. The highest BCUT2D eigenvalue weighted by Gasteiger charge is 2.49. The van der Waals surface area contributed by atoms with Crippen molar-refractivity contribution in [1.29, 1.82) is 0 Å². The van der Waals surface area contributed by atoms with Crippen LogP contribution in [0.5, 0.6) is 0 Å². The van der Waals surface area contributed by atoms with E-state index < -0.39 is 5.41 Å². The number of rotatable bonds is 8. The Hall–Kier alpha value is -7.62. The van der Waals surface area contributed by atoms with Crippen LogP contribution in [0.15, 0.2) is 211 Å². The number of benzene rings is 9. The molecular formula is C71H70N2O. The summed E-state index contributed by atoms with van der Waals surface area (Å²) in [5.41, 5.74) is 19.6. The van der Waals surface area contributed by atoms with Crippen LogP contribution in [0.2, 0.25) is 0 Å². The quantitative estimate of drug-likeness (QED) is 0.151. The van der Waals surface area contributed by atoms with Crippen LogP contribution in [0.25, 0.3) is 33.1 Å². The van der Waals surface area contributed by atoms with Crippen molar-refractivity contribution in [2.45, 2.75) is 110 Å². The van der Waals surface area contributed by atoms with Crippen LogP contribution in [0, 0.1) is 0 Å². The number of furan rings is 1. The lowest BCUT2D eigenvalue weighted by Crippen LogP contribution is -2.28. The Balaban J connectivity index is 1.31. The third-order valence-electron chi connectivity index (χ3n) is 15.5. The highest BCUT2D eigenvalue weighted by atomic mass is 16.3. The molecule has 0 saturated heterocycles. The van der Waals surface area contributed by atoms with E-state index in [1.54, 1.807) is 0 Å². The maximum absolute atomic E-state index is 7.54. The lowest BCUT2D eigenvalue weighted by molar-refractivity contribution is 0.568. The molecule has 0 spiro atoms. The molecule has 74 heavy (non-hydrogen) atoms. The summed E-state index contributed by atoms with van der Waals surface area (Å²) in [4.78, 5) is 4.95. The summed E-state index contributed by atoms with van der Waals surface area (Å²) < 4.78 is 7.54. The number of fused-ring (bicyclic) bond motifs is 6. The largest absolute Gasteiger partial charge is 0.454 e. The first kappa shape index (κ1) is 48.6. The lowest BCUT2D eigenvalue weighted by Gasteiger charge is -2.35. The predicted molar refractivity (Wildman–Crippen MR) is 315 cm³/mol. The van der Waals surface area contributed by atoms with E-state index in [4.69, 9.17) is 4.42 Å². The van der Waals surface area contributed by atoms with E-state index in [0.29, 0.717) is 0 Å². The topological polar surface area (TPSA) is 19.6 Å².